The van der Waals surface area contributed by atoms with E-state index in [1.54, 1.807) is 18.2 Å². The van der Waals surface area contributed by atoms with Gasteiger partial charge in [-0.1, -0.05) is 15.9 Å². The molecule has 19 heavy (non-hydrogen) atoms. The van der Waals surface area contributed by atoms with Crippen LogP contribution in [0.25, 0.3) is 0 Å². The molecule has 2 N–H and O–H groups in total. The van der Waals surface area contributed by atoms with Crippen LogP contribution in [-0.2, 0) is 4.79 Å². The number of aliphatic carboxylic acids is 1. The first-order valence-electron chi connectivity index (χ1n) is 5.57. The van der Waals surface area contributed by atoms with Crippen LogP contribution in [0.3, 0.4) is 0 Å². The van der Waals surface area contributed by atoms with Gasteiger partial charge in [-0.2, -0.15) is 0 Å². The number of β-amino-alcohol motifs (C(OH)–C–C–N with tert-alkyl or cyclic N) is 1. The van der Waals surface area contributed by atoms with E-state index in [9.17, 15) is 14.7 Å². The summed E-state index contributed by atoms with van der Waals surface area (Å²) >= 11 is 6.54. The molecule has 1 heterocycles. The van der Waals surface area contributed by atoms with Crippen LogP contribution < -0.4 is 0 Å². The predicted octanol–water partition coefficient (Wildman–Crippen LogP) is 1.87. The van der Waals surface area contributed by atoms with Gasteiger partial charge in [0.05, 0.1) is 11.7 Å². The van der Waals surface area contributed by atoms with Gasteiger partial charge in [0.15, 0.2) is 0 Å². The number of hydrogen-bond acceptors (Lipinski definition) is 3. The number of amides is 1. The summed E-state index contributed by atoms with van der Waals surface area (Å²) in [6.07, 6.45) is -0.733. The van der Waals surface area contributed by atoms with E-state index in [-0.39, 0.29) is 13.0 Å². The molecule has 1 aromatic rings. The van der Waals surface area contributed by atoms with Gasteiger partial charge < -0.3 is 15.1 Å². The van der Waals surface area contributed by atoms with Gasteiger partial charge in [-0.15, -0.1) is 0 Å². The van der Waals surface area contributed by atoms with Gasteiger partial charge in [-0.25, -0.2) is 4.79 Å². The predicted molar refractivity (Wildman–Crippen MR) is 74.9 cm³/mol. The van der Waals surface area contributed by atoms with Crippen LogP contribution in [0.15, 0.2) is 27.1 Å². The lowest BCUT2D eigenvalue weighted by atomic mass is 10.1. The van der Waals surface area contributed by atoms with Crippen LogP contribution in [0.1, 0.15) is 16.8 Å². The highest BCUT2D eigenvalue weighted by Crippen LogP contribution is 2.26. The maximum Gasteiger partial charge on any atom is 0.326 e. The number of nitrogens with zero attached hydrogens (tertiary/aromatic N) is 1. The van der Waals surface area contributed by atoms with Crippen molar-refractivity contribution in [1.82, 2.24) is 4.90 Å². The molecule has 1 aromatic carbocycles. The van der Waals surface area contributed by atoms with Crippen molar-refractivity contribution in [3.05, 3.63) is 32.7 Å². The summed E-state index contributed by atoms with van der Waals surface area (Å²) in [6.45, 7) is 0.0365. The van der Waals surface area contributed by atoms with Crippen molar-refractivity contribution < 1.29 is 19.8 Å². The summed E-state index contributed by atoms with van der Waals surface area (Å²) in [7, 11) is 0. The molecule has 1 fully saturated rings. The van der Waals surface area contributed by atoms with Crippen LogP contribution in [0.5, 0.6) is 0 Å². The minimum absolute atomic E-state index is 0.0365. The topological polar surface area (TPSA) is 77.8 Å². The van der Waals surface area contributed by atoms with E-state index in [4.69, 9.17) is 5.11 Å². The summed E-state index contributed by atoms with van der Waals surface area (Å²) in [5, 5.41) is 18.7. The highest BCUT2D eigenvalue weighted by molar-refractivity contribution is 9.11. The van der Waals surface area contributed by atoms with Crippen molar-refractivity contribution in [3.8, 4) is 0 Å². The molecule has 0 aromatic heterocycles. The third-order valence-corrected chi connectivity index (χ3v) is 4.17. The van der Waals surface area contributed by atoms with Gasteiger partial charge >= 0.3 is 5.97 Å². The van der Waals surface area contributed by atoms with Crippen molar-refractivity contribution in [1.29, 1.82) is 0 Å². The van der Waals surface area contributed by atoms with Gasteiger partial charge in [-0.05, 0) is 34.1 Å². The van der Waals surface area contributed by atoms with E-state index in [0.717, 1.165) is 4.47 Å². The zero-order valence-corrected chi connectivity index (χ0v) is 12.9. The molecule has 0 radical (unpaired) electrons. The van der Waals surface area contributed by atoms with E-state index in [1.807, 2.05) is 0 Å². The molecule has 0 bridgehead atoms. The van der Waals surface area contributed by atoms with E-state index in [2.05, 4.69) is 31.9 Å². The number of rotatable bonds is 2. The molecule has 102 valence electrons. The summed E-state index contributed by atoms with van der Waals surface area (Å²) in [5.41, 5.74) is 0.370. The Morgan fingerprint density at radius 1 is 1.32 bits per heavy atom. The fourth-order valence-corrected chi connectivity index (χ4v) is 2.87. The number of carbonyl (C=O) groups is 2. The third-order valence-electron chi connectivity index (χ3n) is 2.98. The van der Waals surface area contributed by atoms with Crippen molar-refractivity contribution in [3.63, 3.8) is 0 Å². The Bertz CT molecular complexity index is 534. The monoisotopic (exact) mass is 391 g/mol. The molecular weight excluding hydrogens is 382 g/mol. The summed E-state index contributed by atoms with van der Waals surface area (Å²) < 4.78 is 1.32. The number of carboxylic acid groups (broad SMARTS) is 1. The number of aliphatic hydroxyl groups is 1. The Morgan fingerprint density at radius 3 is 2.63 bits per heavy atom. The molecule has 1 amide bonds. The van der Waals surface area contributed by atoms with E-state index in [1.165, 1.54) is 4.90 Å². The molecule has 2 rings (SSSR count). The first-order chi connectivity index (χ1) is 8.90. The fourth-order valence-electron chi connectivity index (χ4n) is 2.09. The second-order valence-corrected chi connectivity index (χ2v) is 6.10. The van der Waals surface area contributed by atoms with Crippen molar-refractivity contribution in [2.24, 2.45) is 0 Å². The summed E-state index contributed by atoms with van der Waals surface area (Å²) in [5.74, 6) is -1.51. The Balaban J connectivity index is 2.33. The average molecular weight is 393 g/mol. The SMILES string of the molecule is O=C(O)C1CC(O)CN1C(=O)c1cc(Br)ccc1Br. The van der Waals surface area contributed by atoms with E-state index < -0.39 is 24.0 Å². The van der Waals surface area contributed by atoms with Crippen LogP contribution in [0, 0.1) is 0 Å². The Hall–Kier alpha value is -0.920. The molecule has 0 spiro atoms. The highest BCUT2D eigenvalue weighted by atomic mass is 79.9. The molecular formula is C12H11Br2NO4. The lowest BCUT2D eigenvalue weighted by Gasteiger charge is -2.21. The Kier molecular flexibility index (Phi) is 4.27. The van der Waals surface area contributed by atoms with Gasteiger partial charge in [0.25, 0.3) is 5.91 Å². The quantitative estimate of drug-likeness (QED) is 0.805. The van der Waals surface area contributed by atoms with Crippen molar-refractivity contribution in [2.75, 3.05) is 6.54 Å². The van der Waals surface area contributed by atoms with Gasteiger partial charge in [0.1, 0.15) is 6.04 Å². The van der Waals surface area contributed by atoms with Gasteiger partial charge in [0, 0.05) is 21.9 Å². The standard InChI is InChI=1S/C12H11Br2NO4/c13-6-1-2-9(14)8(3-6)11(17)15-5-7(16)4-10(15)12(18)19/h1-3,7,10,16H,4-5H2,(H,18,19). The van der Waals surface area contributed by atoms with Crippen LogP contribution >= 0.6 is 31.9 Å². The number of halogens is 2. The van der Waals surface area contributed by atoms with Crippen LogP contribution in [0.4, 0.5) is 0 Å². The first kappa shape index (κ1) is 14.5. The summed E-state index contributed by atoms with van der Waals surface area (Å²) in [4.78, 5) is 24.7. The lowest BCUT2D eigenvalue weighted by Crippen LogP contribution is -2.40. The van der Waals surface area contributed by atoms with Gasteiger partial charge in [0.2, 0.25) is 0 Å². The number of benzene rings is 1. The average Bonchev–Trinajstić information content (AvgIpc) is 2.74. The number of aliphatic hydroxyl groups excluding tert-OH is 1. The lowest BCUT2D eigenvalue weighted by molar-refractivity contribution is -0.141. The molecule has 0 aliphatic carbocycles. The molecule has 0 saturated carbocycles. The fraction of sp³-hybridized carbons (Fsp3) is 0.333. The maximum atomic E-state index is 12.4. The zero-order chi connectivity index (χ0) is 14.2. The maximum absolute atomic E-state index is 12.4. The molecule has 2 atom stereocenters. The molecule has 1 aliphatic heterocycles. The van der Waals surface area contributed by atoms with E-state index >= 15 is 0 Å². The van der Waals surface area contributed by atoms with Crippen LogP contribution in [0.2, 0.25) is 0 Å². The minimum Gasteiger partial charge on any atom is -0.480 e. The normalized spacial score (nSPS) is 22.6. The third kappa shape index (κ3) is 2.98. The number of likely N-dealkylation sites (tertiary alicyclic amines) is 1. The number of carbonyl (C=O) groups excluding carboxylic acids is 1. The molecule has 2 unspecified atom stereocenters. The number of hydrogen-bond donors (Lipinski definition) is 2. The largest absolute Gasteiger partial charge is 0.480 e. The molecule has 1 saturated heterocycles. The smallest absolute Gasteiger partial charge is 0.326 e. The minimum atomic E-state index is -1.10. The molecule has 1 aliphatic rings. The Labute approximate surface area is 126 Å². The highest BCUT2D eigenvalue weighted by Gasteiger charge is 2.39. The molecule has 5 nitrogen and oxygen atoms in total. The van der Waals surface area contributed by atoms with Crippen molar-refractivity contribution >= 4 is 43.7 Å². The van der Waals surface area contributed by atoms with Gasteiger partial charge in [-0.3, -0.25) is 4.79 Å². The van der Waals surface area contributed by atoms with Crippen molar-refractivity contribution in [2.45, 2.75) is 18.6 Å². The molecule has 7 heteroatoms. The second-order valence-electron chi connectivity index (χ2n) is 4.33. The first-order valence-corrected chi connectivity index (χ1v) is 7.15. The second kappa shape index (κ2) is 5.60. The Morgan fingerprint density at radius 2 is 2.00 bits per heavy atom. The number of carboxylic acids is 1. The van der Waals surface area contributed by atoms with E-state index in [0.29, 0.717) is 10.0 Å². The van der Waals surface area contributed by atoms with Crippen LogP contribution in [-0.4, -0.2) is 45.7 Å². The zero-order valence-electron chi connectivity index (χ0n) is 9.72. The summed E-state index contributed by atoms with van der Waals surface area (Å²) in [6, 6.07) is 4.12.